The quantitative estimate of drug-likeness (QED) is 0.702. The Kier molecular flexibility index (Phi) is 7.14. The second-order valence-electron chi connectivity index (χ2n) is 5.59. The van der Waals surface area contributed by atoms with Crippen molar-refractivity contribution in [1.29, 1.82) is 0 Å². The molecule has 0 unspecified atom stereocenters. The number of ether oxygens (including phenoxy) is 2. The Hall–Kier alpha value is -2.42. The van der Waals surface area contributed by atoms with Crippen molar-refractivity contribution >= 4 is 28.8 Å². The van der Waals surface area contributed by atoms with Crippen molar-refractivity contribution in [3.05, 3.63) is 29.8 Å². The Morgan fingerprint density at radius 3 is 2.27 bits per heavy atom. The second-order valence-corrected chi connectivity index (χ2v) is 6.94. The molecule has 0 aliphatic carbocycles. The highest BCUT2D eigenvalue weighted by Gasteiger charge is 2.25. The lowest BCUT2D eigenvalue weighted by Crippen LogP contribution is -2.51. The molecule has 142 valence electrons. The largest absolute Gasteiger partial charge is 0.452 e. The van der Waals surface area contributed by atoms with E-state index in [1.807, 2.05) is 0 Å². The molecule has 2 amide bonds. The Bertz CT molecular complexity index is 700. The maximum Gasteiger partial charge on any atom is 0.409 e. The molecule has 1 fully saturated rings. The molecule has 1 aromatic carbocycles. The Morgan fingerprint density at radius 1 is 1.04 bits per heavy atom. The SMILES string of the molecule is CCOC(=O)N1CCN(C(=O)COC(=O)c2ccccc2[S@@](C)=O)CC1. The van der Waals surface area contributed by atoms with Gasteiger partial charge in [0.1, 0.15) is 0 Å². The third-order valence-electron chi connectivity index (χ3n) is 3.90. The zero-order valence-electron chi connectivity index (χ0n) is 14.8. The number of piperazine rings is 1. The van der Waals surface area contributed by atoms with Crippen LogP contribution in [0.15, 0.2) is 29.2 Å². The fraction of sp³-hybridized carbons (Fsp3) is 0.471. The van der Waals surface area contributed by atoms with E-state index in [0.29, 0.717) is 37.7 Å². The van der Waals surface area contributed by atoms with E-state index in [-0.39, 0.29) is 11.5 Å². The van der Waals surface area contributed by atoms with Crippen molar-refractivity contribution in [2.75, 3.05) is 45.6 Å². The molecule has 1 saturated heterocycles. The van der Waals surface area contributed by atoms with E-state index in [9.17, 15) is 18.6 Å². The molecule has 1 aliphatic rings. The van der Waals surface area contributed by atoms with Crippen LogP contribution in [0.4, 0.5) is 4.79 Å². The number of amides is 2. The van der Waals surface area contributed by atoms with Crippen LogP contribution in [0, 0.1) is 0 Å². The zero-order chi connectivity index (χ0) is 19.1. The number of nitrogens with zero attached hydrogens (tertiary/aromatic N) is 2. The Labute approximate surface area is 154 Å². The summed E-state index contributed by atoms with van der Waals surface area (Å²) in [5, 5.41) is 0. The lowest BCUT2D eigenvalue weighted by atomic mass is 10.2. The van der Waals surface area contributed by atoms with Crippen molar-refractivity contribution in [1.82, 2.24) is 9.80 Å². The van der Waals surface area contributed by atoms with E-state index in [1.165, 1.54) is 22.1 Å². The number of hydrogen-bond acceptors (Lipinski definition) is 6. The minimum Gasteiger partial charge on any atom is -0.452 e. The van der Waals surface area contributed by atoms with Crippen LogP contribution >= 0.6 is 0 Å². The number of rotatable bonds is 5. The van der Waals surface area contributed by atoms with E-state index < -0.39 is 29.5 Å². The lowest BCUT2D eigenvalue weighted by Gasteiger charge is -2.33. The summed E-state index contributed by atoms with van der Waals surface area (Å²) in [6.07, 6.45) is 1.08. The summed E-state index contributed by atoms with van der Waals surface area (Å²) >= 11 is 0. The van der Waals surface area contributed by atoms with Crippen LogP contribution in [0.5, 0.6) is 0 Å². The summed E-state index contributed by atoms with van der Waals surface area (Å²) in [7, 11) is -1.34. The van der Waals surface area contributed by atoms with E-state index in [0.717, 1.165) is 0 Å². The van der Waals surface area contributed by atoms with Gasteiger partial charge in [0.15, 0.2) is 6.61 Å². The van der Waals surface area contributed by atoms with Gasteiger partial charge in [0.25, 0.3) is 5.91 Å². The van der Waals surface area contributed by atoms with Crippen molar-refractivity contribution in [2.24, 2.45) is 0 Å². The standard InChI is InChI=1S/C17H22N2O6S/c1-3-24-17(22)19-10-8-18(9-11-19)15(20)12-25-16(21)13-6-4-5-7-14(13)26(2)23/h4-7H,3,8-12H2,1-2H3/t26-/m1/s1. The second kappa shape index (κ2) is 9.33. The van der Waals surface area contributed by atoms with Gasteiger partial charge < -0.3 is 19.3 Å². The molecular formula is C17H22N2O6S. The highest BCUT2D eigenvalue weighted by Crippen LogP contribution is 2.14. The monoisotopic (exact) mass is 382 g/mol. The van der Waals surface area contributed by atoms with Gasteiger partial charge in [0.2, 0.25) is 0 Å². The topological polar surface area (TPSA) is 93.2 Å². The van der Waals surface area contributed by atoms with Gasteiger partial charge in [0, 0.05) is 32.4 Å². The molecule has 1 aromatic rings. The van der Waals surface area contributed by atoms with Crippen molar-refractivity contribution < 1.29 is 28.1 Å². The van der Waals surface area contributed by atoms with Gasteiger partial charge in [-0.3, -0.25) is 9.00 Å². The molecule has 0 bridgehead atoms. The molecule has 8 nitrogen and oxygen atoms in total. The maximum atomic E-state index is 12.2. The smallest absolute Gasteiger partial charge is 0.409 e. The number of carbonyl (C=O) groups is 3. The molecule has 0 N–H and O–H groups in total. The van der Waals surface area contributed by atoms with Crippen LogP contribution in [0.1, 0.15) is 17.3 Å². The third-order valence-corrected chi connectivity index (χ3v) is 4.88. The fourth-order valence-electron chi connectivity index (χ4n) is 2.54. The normalized spacial score (nSPS) is 15.3. The van der Waals surface area contributed by atoms with Gasteiger partial charge >= 0.3 is 12.1 Å². The van der Waals surface area contributed by atoms with Gasteiger partial charge in [0.05, 0.1) is 27.9 Å². The number of benzene rings is 1. The molecule has 9 heteroatoms. The number of hydrogen-bond donors (Lipinski definition) is 0. The molecule has 1 atom stereocenters. The van der Waals surface area contributed by atoms with Crippen molar-refractivity contribution in [2.45, 2.75) is 11.8 Å². The minimum atomic E-state index is -1.34. The zero-order valence-corrected chi connectivity index (χ0v) is 15.6. The van der Waals surface area contributed by atoms with E-state index in [1.54, 1.807) is 25.1 Å². The number of esters is 1. The summed E-state index contributed by atoms with van der Waals surface area (Å²) < 4.78 is 21.7. The molecule has 0 radical (unpaired) electrons. The highest BCUT2D eigenvalue weighted by atomic mass is 32.2. The van der Waals surface area contributed by atoms with Crippen LogP contribution in [-0.4, -0.2) is 77.6 Å². The predicted molar refractivity (Wildman–Crippen MR) is 94.2 cm³/mol. The van der Waals surface area contributed by atoms with Crippen LogP contribution in [0.3, 0.4) is 0 Å². The molecule has 0 saturated carbocycles. The molecule has 1 aliphatic heterocycles. The first-order valence-electron chi connectivity index (χ1n) is 8.23. The average molecular weight is 382 g/mol. The third kappa shape index (κ3) is 5.04. The lowest BCUT2D eigenvalue weighted by molar-refractivity contribution is -0.136. The van der Waals surface area contributed by atoms with E-state index in [2.05, 4.69) is 0 Å². The highest BCUT2D eigenvalue weighted by molar-refractivity contribution is 7.84. The first-order valence-corrected chi connectivity index (χ1v) is 9.79. The van der Waals surface area contributed by atoms with Crippen molar-refractivity contribution in [3.63, 3.8) is 0 Å². The molecule has 26 heavy (non-hydrogen) atoms. The van der Waals surface area contributed by atoms with Crippen LogP contribution in [0.25, 0.3) is 0 Å². The summed E-state index contributed by atoms with van der Waals surface area (Å²) in [6, 6.07) is 6.43. The number of carbonyl (C=O) groups excluding carboxylic acids is 3. The summed E-state index contributed by atoms with van der Waals surface area (Å²) in [5.74, 6) is -1.02. The van der Waals surface area contributed by atoms with Gasteiger partial charge in [-0.05, 0) is 19.1 Å². The summed E-state index contributed by atoms with van der Waals surface area (Å²) in [6.45, 7) is 3.08. The molecule has 0 aromatic heterocycles. The molecule has 1 heterocycles. The fourth-order valence-corrected chi connectivity index (χ4v) is 3.27. The first-order chi connectivity index (χ1) is 12.4. The van der Waals surface area contributed by atoms with Gasteiger partial charge in [-0.1, -0.05) is 12.1 Å². The van der Waals surface area contributed by atoms with Crippen LogP contribution in [-0.2, 0) is 25.1 Å². The van der Waals surface area contributed by atoms with Crippen molar-refractivity contribution in [3.8, 4) is 0 Å². The van der Waals surface area contributed by atoms with Crippen LogP contribution < -0.4 is 0 Å². The van der Waals surface area contributed by atoms with E-state index >= 15 is 0 Å². The first kappa shape index (κ1) is 19.9. The average Bonchev–Trinajstić information content (AvgIpc) is 2.66. The molecular weight excluding hydrogens is 360 g/mol. The minimum absolute atomic E-state index is 0.188. The Balaban J connectivity index is 1.85. The van der Waals surface area contributed by atoms with Gasteiger partial charge in [-0.25, -0.2) is 9.59 Å². The maximum absolute atomic E-state index is 12.2. The van der Waals surface area contributed by atoms with Gasteiger partial charge in [-0.15, -0.1) is 0 Å². The summed E-state index contributed by atoms with van der Waals surface area (Å²) in [4.78, 5) is 39.5. The molecule has 0 spiro atoms. The van der Waals surface area contributed by atoms with Crippen LogP contribution in [0.2, 0.25) is 0 Å². The summed E-state index contributed by atoms with van der Waals surface area (Å²) in [5.41, 5.74) is 0.188. The predicted octanol–water partition coefficient (Wildman–Crippen LogP) is 0.881. The Morgan fingerprint density at radius 2 is 1.65 bits per heavy atom. The molecule has 2 rings (SSSR count). The van der Waals surface area contributed by atoms with E-state index in [4.69, 9.17) is 9.47 Å². The van der Waals surface area contributed by atoms with Gasteiger partial charge in [-0.2, -0.15) is 0 Å².